The van der Waals surface area contributed by atoms with E-state index >= 15 is 0 Å². The van der Waals surface area contributed by atoms with Gasteiger partial charge in [0.1, 0.15) is 0 Å². The summed E-state index contributed by atoms with van der Waals surface area (Å²) in [5.41, 5.74) is 0.472. The largest absolute Gasteiger partial charge is 0.381 e. The van der Waals surface area contributed by atoms with Crippen molar-refractivity contribution >= 4 is 0 Å². The van der Waals surface area contributed by atoms with Crippen LogP contribution < -0.4 is 0 Å². The molecule has 0 unspecified atom stereocenters. The molecule has 0 N–H and O–H groups in total. The number of nitrogens with zero attached hydrogens (tertiary/aromatic N) is 1. The van der Waals surface area contributed by atoms with Gasteiger partial charge in [-0.05, 0) is 37.6 Å². The Bertz CT molecular complexity index is 184. The summed E-state index contributed by atoms with van der Waals surface area (Å²) in [7, 11) is 2.20. The Morgan fingerprint density at radius 1 is 1.00 bits per heavy atom. The monoisotopic (exact) mass is 257 g/mol. The fourth-order valence-corrected chi connectivity index (χ4v) is 2.11. The highest BCUT2D eigenvalue weighted by Crippen LogP contribution is 2.21. The van der Waals surface area contributed by atoms with Crippen LogP contribution in [0.15, 0.2) is 0 Å². The molecule has 2 nitrogen and oxygen atoms in total. The Labute approximate surface area is 115 Å². The predicted octanol–water partition coefficient (Wildman–Crippen LogP) is 4.20. The molecule has 0 aliphatic heterocycles. The van der Waals surface area contributed by atoms with Crippen molar-refractivity contribution in [3.8, 4) is 0 Å². The summed E-state index contributed by atoms with van der Waals surface area (Å²) in [6.07, 6.45) is 4.95. The molecule has 0 rings (SSSR count). The van der Waals surface area contributed by atoms with Crippen LogP contribution in [0.5, 0.6) is 0 Å². The van der Waals surface area contributed by atoms with Crippen LogP contribution in [-0.2, 0) is 4.74 Å². The van der Waals surface area contributed by atoms with Gasteiger partial charge in [-0.15, -0.1) is 0 Å². The maximum absolute atomic E-state index is 5.68. The van der Waals surface area contributed by atoms with Gasteiger partial charge in [0.05, 0.1) is 0 Å². The summed E-state index contributed by atoms with van der Waals surface area (Å²) >= 11 is 0. The van der Waals surface area contributed by atoms with E-state index in [4.69, 9.17) is 4.74 Å². The van der Waals surface area contributed by atoms with Crippen LogP contribution in [0, 0.1) is 11.3 Å². The summed E-state index contributed by atoms with van der Waals surface area (Å²) in [6.45, 7) is 15.6. The standard InChI is InChI=1S/C16H35NO/c1-15(2)14-17(6)11-9-13-18-12-8-7-10-16(3,4)5/h15H,7-14H2,1-6H3. The van der Waals surface area contributed by atoms with E-state index in [-0.39, 0.29) is 0 Å². The van der Waals surface area contributed by atoms with E-state index in [1.165, 1.54) is 25.8 Å². The van der Waals surface area contributed by atoms with Gasteiger partial charge < -0.3 is 9.64 Å². The van der Waals surface area contributed by atoms with Crippen molar-refractivity contribution in [3.05, 3.63) is 0 Å². The average Bonchev–Trinajstić information content (AvgIpc) is 2.19. The smallest absolute Gasteiger partial charge is 0.0478 e. The highest BCUT2D eigenvalue weighted by molar-refractivity contribution is 4.60. The van der Waals surface area contributed by atoms with E-state index in [1.807, 2.05) is 0 Å². The van der Waals surface area contributed by atoms with E-state index in [2.05, 4.69) is 46.6 Å². The maximum Gasteiger partial charge on any atom is 0.0478 e. The summed E-state index contributed by atoms with van der Waals surface area (Å²) in [6, 6.07) is 0. The van der Waals surface area contributed by atoms with Gasteiger partial charge in [0.2, 0.25) is 0 Å². The summed E-state index contributed by atoms with van der Waals surface area (Å²) in [5, 5.41) is 0. The van der Waals surface area contributed by atoms with Crippen molar-refractivity contribution in [2.24, 2.45) is 11.3 Å². The molecule has 110 valence electrons. The maximum atomic E-state index is 5.68. The normalized spacial score (nSPS) is 12.7. The molecule has 0 atom stereocenters. The van der Waals surface area contributed by atoms with Gasteiger partial charge in [0.25, 0.3) is 0 Å². The van der Waals surface area contributed by atoms with Crippen LogP contribution in [0.25, 0.3) is 0 Å². The van der Waals surface area contributed by atoms with Gasteiger partial charge in [-0.2, -0.15) is 0 Å². The van der Waals surface area contributed by atoms with Gasteiger partial charge >= 0.3 is 0 Å². The number of hydrogen-bond donors (Lipinski definition) is 0. The summed E-state index contributed by atoms with van der Waals surface area (Å²) in [4.78, 5) is 2.40. The molecule has 2 heteroatoms. The Hall–Kier alpha value is -0.0800. The zero-order valence-corrected chi connectivity index (χ0v) is 13.6. The number of hydrogen-bond acceptors (Lipinski definition) is 2. The lowest BCUT2D eigenvalue weighted by Crippen LogP contribution is -2.25. The Kier molecular flexibility index (Phi) is 9.76. The molecule has 0 amide bonds. The third kappa shape index (κ3) is 14.0. The van der Waals surface area contributed by atoms with Crippen molar-refractivity contribution < 1.29 is 4.74 Å². The van der Waals surface area contributed by atoms with E-state index in [0.717, 1.165) is 32.1 Å². The predicted molar refractivity (Wildman–Crippen MR) is 81.1 cm³/mol. The van der Waals surface area contributed by atoms with Crippen molar-refractivity contribution in [3.63, 3.8) is 0 Å². The van der Waals surface area contributed by atoms with E-state index in [0.29, 0.717) is 5.41 Å². The molecule has 0 aliphatic rings. The van der Waals surface area contributed by atoms with Crippen molar-refractivity contribution in [1.82, 2.24) is 4.90 Å². The lowest BCUT2D eigenvalue weighted by molar-refractivity contribution is 0.116. The number of unbranched alkanes of at least 4 members (excludes halogenated alkanes) is 1. The SMILES string of the molecule is CC(C)CN(C)CCCOCCCCC(C)(C)C. The second-order valence-corrected chi connectivity index (χ2v) is 7.14. The first-order valence-corrected chi connectivity index (χ1v) is 7.57. The summed E-state index contributed by atoms with van der Waals surface area (Å²) in [5.74, 6) is 0.758. The van der Waals surface area contributed by atoms with Gasteiger partial charge in [-0.1, -0.05) is 41.0 Å². The average molecular weight is 257 g/mol. The molecule has 0 fully saturated rings. The molecule has 18 heavy (non-hydrogen) atoms. The first-order chi connectivity index (χ1) is 8.31. The molecular weight excluding hydrogens is 222 g/mol. The Morgan fingerprint density at radius 3 is 2.17 bits per heavy atom. The van der Waals surface area contributed by atoms with Gasteiger partial charge in [0, 0.05) is 26.3 Å². The quantitative estimate of drug-likeness (QED) is 0.544. The van der Waals surface area contributed by atoms with Gasteiger partial charge in [-0.25, -0.2) is 0 Å². The molecular formula is C16H35NO. The fourth-order valence-electron chi connectivity index (χ4n) is 2.11. The molecule has 0 spiro atoms. The lowest BCUT2D eigenvalue weighted by Gasteiger charge is -2.19. The first-order valence-electron chi connectivity index (χ1n) is 7.57. The van der Waals surface area contributed by atoms with E-state index in [9.17, 15) is 0 Å². The second kappa shape index (κ2) is 9.80. The molecule has 0 aliphatic carbocycles. The lowest BCUT2D eigenvalue weighted by atomic mass is 9.90. The third-order valence-electron chi connectivity index (χ3n) is 2.97. The number of rotatable bonds is 10. The third-order valence-corrected chi connectivity index (χ3v) is 2.97. The van der Waals surface area contributed by atoms with Crippen molar-refractivity contribution in [1.29, 1.82) is 0 Å². The van der Waals surface area contributed by atoms with Crippen LogP contribution in [0.4, 0.5) is 0 Å². The van der Waals surface area contributed by atoms with Crippen LogP contribution in [0.2, 0.25) is 0 Å². The fraction of sp³-hybridized carbons (Fsp3) is 1.00. The molecule has 0 aromatic carbocycles. The topological polar surface area (TPSA) is 12.5 Å². The highest BCUT2D eigenvalue weighted by atomic mass is 16.5. The van der Waals surface area contributed by atoms with Crippen LogP contribution in [-0.4, -0.2) is 38.3 Å². The molecule has 0 saturated heterocycles. The van der Waals surface area contributed by atoms with Crippen LogP contribution >= 0.6 is 0 Å². The summed E-state index contributed by atoms with van der Waals surface area (Å²) < 4.78 is 5.68. The second-order valence-electron chi connectivity index (χ2n) is 7.14. The first kappa shape index (κ1) is 17.9. The van der Waals surface area contributed by atoms with Crippen molar-refractivity contribution in [2.75, 3.05) is 33.4 Å². The number of ether oxygens (including phenoxy) is 1. The molecule has 0 heterocycles. The van der Waals surface area contributed by atoms with Crippen molar-refractivity contribution in [2.45, 2.75) is 60.3 Å². The molecule has 0 saturated carbocycles. The van der Waals surface area contributed by atoms with Crippen LogP contribution in [0.1, 0.15) is 60.3 Å². The molecule has 0 aromatic heterocycles. The van der Waals surface area contributed by atoms with Gasteiger partial charge in [0.15, 0.2) is 0 Å². The minimum absolute atomic E-state index is 0.472. The zero-order valence-electron chi connectivity index (χ0n) is 13.6. The molecule has 0 bridgehead atoms. The Balaban J connectivity index is 3.21. The van der Waals surface area contributed by atoms with E-state index in [1.54, 1.807) is 0 Å². The minimum atomic E-state index is 0.472. The molecule has 0 radical (unpaired) electrons. The van der Waals surface area contributed by atoms with E-state index < -0.39 is 0 Å². The molecule has 0 aromatic rings. The van der Waals surface area contributed by atoms with Gasteiger partial charge in [-0.3, -0.25) is 0 Å². The minimum Gasteiger partial charge on any atom is -0.381 e. The zero-order chi connectivity index (χ0) is 14.0. The Morgan fingerprint density at radius 2 is 1.61 bits per heavy atom. The highest BCUT2D eigenvalue weighted by Gasteiger charge is 2.08. The van der Waals surface area contributed by atoms with Crippen LogP contribution in [0.3, 0.4) is 0 Å².